The standard InChI is InChI=1S/C8H19NO4.2H3O3PS/c1-2-3-4-9(12-7-5-10)13-8-6-11;2*1-4(2,3)5/h10-11H,2-8H2,1H3;2*(H3,1,2,3,5). The third-order valence-electron chi connectivity index (χ3n) is 1.35. The zero-order valence-corrected chi connectivity index (χ0v) is 15.9. The molecule has 11 nitrogen and oxygen atoms in total. The minimum Gasteiger partial charge on any atom is -0.394 e. The van der Waals surface area contributed by atoms with Crippen LogP contribution in [0.15, 0.2) is 0 Å². The first-order valence-electron chi connectivity index (χ1n) is 6.16. The van der Waals surface area contributed by atoms with Crippen molar-refractivity contribution in [3.63, 3.8) is 0 Å². The molecule has 0 aromatic carbocycles. The van der Waals surface area contributed by atoms with Crippen molar-refractivity contribution in [1.82, 2.24) is 5.23 Å². The minimum atomic E-state index is -3.81. The van der Waals surface area contributed by atoms with E-state index in [1.54, 1.807) is 0 Å². The van der Waals surface area contributed by atoms with Crippen LogP contribution >= 0.6 is 13.4 Å². The molecule has 0 aliphatic rings. The second kappa shape index (κ2) is 17.7. The predicted molar refractivity (Wildman–Crippen MR) is 89.6 cm³/mol. The lowest BCUT2D eigenvalue weighted by molar-refractivity contribution is -0.371. The number of rotatable bonds is 9. The Labute approximate surface area is 144 Å². The van der Waals surface area contributed by atoms with Crippen molar-refractivity contribution in [1.29, 1.82) is 0 Å². The molecule has 15 heteroatoms. The van der Waals surface area contributed by atoms with Gasteiger partial charge in [0.15, 0.2) is 0 Å². The summed E-state index contributed by atoms with van der Waals surface area (Å²) in [6.07, 6.45) is 2.00. The van der Waals surface area contributed by atoms with Crippen molar-refractivity contribution in [2.24, 2.45) is 0 Å². The summed E-state index contributed by atoms with van der Waals surface area (Å²) in [6, 6.07) is 0. The van der Waals surface area contributed by atoms with Gasteiger partial charge >= 0.3 is 13.4 Å². The highest BCUT2D eigenvalue weighted by molar-refractivity contribution is 8.06. The molecule has 0 bridgehead atoms. The van der Waals surface area contributed by atoms with Crippen LogP contribution in [0.3, 0.4) is 0 Å². The van der Waals surface area contributed by atoms with E-state index in [0.29, 0.717) is 6.54 Å². The lowest BCUT2D eigenvalue weighted by Crippen LogP contribution is -2.28. The normalized spacial score (nSPS) is 11.4. The molecule has 0 amide bonds. The second-order valence-corrected chi connectivity index (χ2v) is 8.54. The van der Waals surface area contributed by atoms with Crippen LogP contribution in [0.25, 0.3) is 0 Å². The number of hydrogen-bond donors (Lipinski definition) is 8. The maximum atomic E-state index is 8.51. The largest absolute Gasteiger partial charge is 0.394 e. The van der Waals surface area contributed by atoms with Crippen molar-refractivity contribution in [2.75, 3.05) is 33.0 Å². The summed E-state index contributed by atoms with van der Waals surface area (Å²) in [6.45, 7) is -4.53. The first-order valence-corrected chi connectivity index (χ1v) is 11.5. The highest BCUT2D eigenvalue weighted by Gasteiger charge is 2.04. The molecule has 144 valence electrons. The Morgan fingerprint density at radius 3 is 1.35 bits per heavy atom. The van der Waals surface area contributed by atoms with Gasteiger partial charge in [-0.2, -0.15) is 0 Å². The molecule has 0 fully saturated rings. The molecule has 0 aliphatic carbocycles. The molecule has 0 aliphatic heterocycles. The van der Waals surface area contributed by atoms with Crippen LogP contribution in [-0.4, -0.2) is 77.8 Å². The maximum absolute atomic E-state index is 8.51. The highest BCUT2D eigenvalue weighted by atomic mass is 32.5. The molecular weight excluding hydrogens is 396 g/mol. The maximum Gasteiger partial charge on any atom is 0.319 e. The van der Waals surface area contributed by atoms with Gasteiger partial charge in [-0.15, -0.1) is 0 Å². The van der Waals surface area contributed by atoms with Gasteiger partial charge in [-0.3, -0.25) is 9.68 Å². The van der Waals surface area contributed by atoms with Gasteiger partial charge in [0.25, 0.3) is 0 Å². The summed E-state index contributed by atoms with van der Waals surface area (Å²) in [4.78, 5) is 55.4. The van der Waals surface area contributed by atoms with E-state index in [4.69, 9.17) is 49.2 Å². The monoisotopic (exact) mass is 421 g/mol. The van der Waals surface area contributed by atoms with Crippen molar-refractivity contribution in [2.45, 2.75) is 19.8 Å². The number of hydroxylamine groups is 2. The first-order chi connectivity index (χ1) is 10.3. The van der Waals surface area contributed by atoms with E-state index < -0.39 is 13.4 Å². The van der Waals surface area contributed by atoms with Crippen LogP contribution in [0.4, 0.5) is 0 Å². The fourth-order valence-electron chi connectivity index (χ4n) is 0.739. The summed E-state index contributed by atoms with van der Waals surface area (Å²) in [7, 11) is 0. The number of unbranched alkanes of at least 4 members (excludes halogenated alkanes) is 1. The van der Waals surface area contributed by atoms with Crippen molar-refractivity contribution in [3.05, 3.63) is 0 Å². The molecule has 23 heavy (non-hydrogen) atoms. The zero-order chi connectivity index (χ0) is 18.9. The molecule has 0 unspecified atom stereocenters. The smallest absolute Gasteiger partial charge is 0.319 e. The van der Waals surface area contributed by atoms with Gasteiger partial charge in [0.1, 0.15) is 0 Å². The topological polar surface area (TPSA) is 184 Å². The molecule has 0 atom stereocenters. The summed E-state index contributed by atoms with van der Waals surface area (Å²) < 4.78 is 0. The number of aliphatic hydroxyl groups excluding tert-OH is 2. The molecule has 0 radical (unpaired) electrons. The Kier molecular flexibility index (Phi) is 22.0. The number of aliphatic hydroxyl groups is 2. The molecule has 0 spiro atoms. The average Bonchev–Trinajstić information content (AvgIpc) is 2.34. The second-order valence-electron chi connectivity index (χ2n) is 3.55. The highest BCUT2D eigenvalue weighted by Crippen LogP contribution is 2.26. The van der Waals surface area contributed by atoms with Gasteiger partial charge in [-0.25, -0.2) is 0 Å². The van der Waals surface area contributed by atoms with E-state index in [-0.39, 0.29) is 26.4 Å². The van der Waals surface area contributed by atoms with Crippen molar-refractivity contribution >= 4 is 37.1 Å². The van der Waals surface area contributed by atoms with Crippen molar-refractivity contribution < 1.29 is 49.2 Å². The molecule has 0 aromatic heterocycles. The average molecular weight is 421 g/mol. The Morgan fingerprint density at radius 1 is 0.826 bits per heavy atom. The van der Waals surface area contributed by atoms with Gasteiger partial charge in [-0.05, 0) is 30.0 Å². The van der Waals surface area contributed by atoms with E-state index in [9.17, 15) is 0 Å². The third kappa shape index (κ3) is 60.1. The van der Waals surface area contributed by atoms with Crippen LogP contribution in [0.5, 0.6) is 0 Å². The minimum absolute atomic E-state index is 0.0366. The van der Waals surface area contributed by atoms with Gasteiger partial charge in [0.2, 0.25) is 0 Å². The summed E-state index contributed by atoms with van der Waals surface area (Å²) in [5.74, 6) is 0. The molecule has 0 rings (SSSR count). The molecule has 0 heterocycles. The fourth-order valence-corrected chi connectivity index (χ4v) is 0.739. The summed E-state index contributed by atoms with van der Waals surface area (Å²) >= 11 is 7.21. The van der Waals surface area contributed by atoms with E-state index in [2.05, 4.69) is 30.5 Å². The first kappa shape index (κ1) is 28.7. The SMILES string of the molecule is CCCCN(OCCO)OCCO.OP(O)(O)=S.OP(O)(O)=S. The van der Waals surface area contributed by atoms with Crippen molar-refractivity contribution in [3.8, 4) is 0 Å². The molecule has 0 saturated heterocycles. The molecule has 0 aromatic rings. The van der Waals surface area contributed by atoms with E-state index >= 15 is 0 Å². The van der Waals surface area contributed by atoms with Gasteiger partial charge < -0.3 is 39.6 Å². The Bertz CT molecular complexity index is 283. The Balaban J connectivity index is -0.000000329. The van der Waals surface area contributed by atoms with E-state index in [1.165, 1.54) is 5.23 Å². The Morgan fingerprint density at radius 2 is 1.13 bits per heavy atom. The third-order valence-corrected chi connectivity index (χ3v) is 1.35. The molecular formula is C8H25NO10P2S2. The quantitative estimate of drug-likeness (QED) is 0.156. The lowest BCUT2D eigenvalue weighted by atomic mass is 10.3. The summed E-state index contributed by atoms with van der Waals surface area (Å²) in [5.41, 5.74) is 0. The van der Waals surface area contributed by atoms with Gasteiger partial charge in [0.05, 0.1) is 33.0 Å². The van der Waals surface area contributed by atoms with Gasteiger partial charge in [0, 0.05) is 0 Å². The molecule has 0 saturated carbocycles. The zero-order valence-electron chi connectivity index (χ0n) is 12.5. The van der Waals surface area contributed by atoms with E-state index in [0.717, 1.165) is 12.8 Å². The van der Waals surface area contributed by atoms with Crippen LogP contribution in [0.1, 0.15) is 19.8 Å². The summed E-state index contributed by atoms with van der Waals surface area (Å²) in [5, 5.41) is 18.3. The van der Waals surface area contributed by atoms with Crippen LogP contribution in [0, 0.1) is 0 Å². The van der Waals surface area contributed by atoms with Crippen LogP contribution in [0.2, 0.25) is 0 Å². The Hall–Kier alpha value is 0.860. The van der Waals surface area contributed by atoms with E-state index in [1.807, 2.05) is 0 Å². The predicted octanol–water partition coefficient (Wildman–Crippen LogP) is -1.69. The fraction of sp³-hybridized carbons (Fsp3) is 1.00. The lowest BCUT2D eigenvalue weighted by Gasteiger charge is -2.19. The number of nitrogens with zero attached hydrogens (tertiary/aromatic N) is 1. The molecule has 8 N–H and O–H groups in total. The van der Waals surface area contributed by atoms with Gasteiger partial charge in [-0.1, -0.05) is 18.6 Å². The van der Waals surface area contributed by atoms with Crippen LogP contribution < -0.4 is 0 Å². The van der Waals surface area contributed by atoms with Crippen LogP contribution in [-0.2, 0) is 33.3 Å². The number of hydrogen-bond acceptors (Lipinski definition) is 7.